The van der Waals surface area contributed by atoms with Crippen molar-refractivity contribution in [2.24, 2.45) is 0 Å². The Bertz CT molecular complexity index is 173. The van der Waals surface area contributed by atoms with Crippen molar-refractivity contribution in [1.29, 1.82) is 0 Å². The number of likely N-dealkylation sites (tertiary alicyclic amines) is 1. The lowest BCUT2D eigenvalue weighted by Crippen LogP contribution is -2.44. The van der Waals surface area contributed by atoms with Crippen molar-refractivity contribution in [2.45, 2.75) is 18.3 Å². The molecule has 1 fully saturated rings. The van der Waals surface area contributed by atoms with Gasteiger partial charge in [-0.1, -0.05) is 0 Å². The Hall–Kier alpha value is -0.325. The van der Waals surface area contributed by atoms with E-state index in [0.29, 0.717) is 0 Å². The fourth-order valence-electron chi connectivity index (χ4n) is 1.06. The van der Waals surface area contributed by atoms with Gasteiger partial charge in [0.15, 0.2) is 0 Å². The molecule has 1 saturated heterocycles. The van der Waals surface area contributed by atoms with E-state index in [2.05, 4.69) is 0 Å². The van der Waals surface area contributed by atoms with E-state index in [9.17, 15) is 21.9 Å². The highest BCUT2D eigenvalue weighted by Crippen LogP contribution is 2.32. The number of hydrogen-bond acceptors (Lipinski definition) is 1. The summed E-state index contributed by atoms with van der Waals surface area (Å²) >= 11 is 0. The number of alkyl halides is 4. The minimum Gasteiger partial charge on any atom is -0.332 e. The Morgan fingerprint density at radius 1 is 1.33 bits per heavy atom. The maximum Gasteiger partial charge on any atom is 0.460 e. The summed E-state index contributed by atoms with van der Waals surface area (Å²) in [5.74, 6) is -6.98. The Morgan fingerprint density at radius 2 is 1.92 bits per heavy atom. The normalized spacial score (nSPS) is 24.4. The SMILES string of the molecule is F[B]C(F)(F)N1CCC(F)(F)C1. The zero-order valence-electron chi connectivity index (χ0n) is 6.04. The Balaban J connectivity index is 2.58. The monoisotopic (exact) mass is 186 g/mol. The fourth-order valence-corrected chi connectivity index (χ4v) is 1.06. The van der Waals surface area contributed by atoms with Gasteiger partial charge in [0.25, 0.3) is 5.92 Å². The molecular formula is C5H6BF5N. The van der Waals surface area contributed by atoms with E-state index in [1.807, 2.05) is 0 Å². The predicted molar refractivity (Wildman–Crippen MR) is 32.9 cm³/mol. The largest absolute Gasteiger partial charge is 0.460 e. The van der Waals surface area contributed by atoms with Crippen LogP contribution in [0.1, 0.15) is 6.42 Å². The number of nitrogens with zero attached hydrogens (tertiary/aromatic N) is 1. The number of halogens is 5. The van der Waals surface area contributed by atoms with Gasteiger partial charge in [-0.25, -0.2) is 13.7 Å². The van der Waals surface area contributed by atoms with Crippen LogP contribution in [0.3, 0.4) is 0 Å². The summed E-state index contributed by atoms with van der Waals surface area (Å²) in [4.78, 5) is 0.118. The van der Waals surface area contributed by atoms with Gasteiger partial charge in [-0.15, -0.1) is 0 Å². The molecule has 0 aromatic carbocycles. The summed E-state index contributed by atoms with van der Waals surface area (Å²) in [6.45, 7) is -1.57. The first-order valence-electron chi connectivity index (χ1n) is 3.33. The second kappa shape index (κ2) is 2.87. The van der Waals surface area contributed by atoms with Crippen LogP contribution in [0.5, 0.6) is 0 Å². The topological polar surface area (TPSA) is 3.24 Å². The van der Waals surface area contributed by atoms with E-state index in [1.165, 1.54) is 0 Å². The Kier molecular flexibility index (Phi) is 2.33. The van der Waals surface area contributed by atoms with E-state index >= 15 is 0 Å². The quantitative estimate of drug-likeness (QED) is 0.358. The molecule has 1 heterocycles. The molecular weight excluding hydrogens is 180 g/mol. The van der Waals surface area contributed by atoms with Crippen molar-refractivity contribution in [3.63, 3.8) is 0 Å². The Morgan fingerprint density at radius 3 is 2.25 bits per heavy atom. The molecule has 1 aliphatic rings. The molecule has 0 amide bonds. The third-order valence-electron chi connectivity index (χ3n) is 1.72. The Labute approximate surface area is 66.8 Å². The van der Waals surface area contributed by atoms with E-state index in [-0.39, 0.29) is 4.90 Å². The molecule has 12 heavy (non-hydrogen) atoms. The molecule has 0 aromatic heterocycles. The fraction of sp³-hybridized carbons (Fsp3) is 1.00. The average Bonchev–Trinajstić information content (AvgIpc) is 2.31. The second-order valence-corrected chi connectivity index (χ2v) is 2.72. The first-order valence-corrected chi connectivity index (χ1v) is 3.33. The molecule has 1 aliphatic heterocycles. The van der Waals surface area contributed by atoms with Crippen molar-refractivity contribution in [3.05, 3.63) is 0 Å². The molecule has 1 nitrogen and oxygen atoms in total. The molecule has 1 radical (unpaired) electrons. The maximum absolute atomic E-state index is 12.4. The van der Waals surface area contributed by atoms with Crippen molar-refractivity contribution < 1.29 is 21.9 Å². The highest BCUT2D eigenvalue weighted by molar-refractivity contribution is 6.29. The van der Waals surface area contributed by atoms with Crippen LogP contribution in [0.25, 0.3) is 0 Å². The number of rotatable bonds is 2. The zero-order chi connectivity index (χ0) is 9.41. The standard InChI is InChI=1S/C5H6BF5N/c7-4(8)1-2-12(3-4)5(9,10)6-11/h1-3H2. The first-order chi connectivity index (χ1) is 5.37. The third-order valence-corrected chi connectivity index (χ3v) is 1.72. The van der Waals surface area contributed by atoms with Crippen molar-refractivity contribution in [3.8, 4) is 0 Å². The third kappa shape index (κ3) is 1.88. The number of hydrogen-bond donors (Lipinski definition) is 0. The van der Waals surface area contributed by atoms with Gasteiger partial charge in [-0.2, -0.15) is 8.78 Å². The van der Waals surface area contributed by atoms with Crippen LogP contribution >= 0.6 is 0 Å². The summed E-state index contributed by atoms with van der Waals surface area (Å²) in [6.07, 6.45) is -0.642. The summed E-state index contributed by atoms with van der Waals surface area (Å²) in [6, 6.07) is 0. The highest BCUT2D eigenvalue weighted by atomic mass is 19.3. The summed E-state index contributed by atoms with van der Waals surface area (Å²) in [5.41, 5.74) is 0. The van der Waals surface area contributed by atoms with Gasteiger partial charge in [-0.05, 0) is 0 Å². The highest BCUT2D eigenvalue weighted by Gasteiger charge is 2.49. The van der Waals surface area contributed by atoms with Crippen LogP contribution < -0.4 is 0 Å². The molecule has 0 saturated carbocycles. The van der Waals surface area contributed by atoms with E-state index in [4.69, 9.17) is 0 Å². The van der Waals surface area contributed by atoms with Gasteiger partial charge in [0, 0.05) is 13.0 Å². The zero-order valence-corrected chi connectivity index (χ0v) is 6.04. The van der Waals surface area contributed by atoms with Crippen LogP contribution in [0.4, 0.5) is 21.9 Å². The van der Waals surface area contributed by atoms with Gasteiger partial charge in [0.1, 0.15) is 0 Å². The molecule has 0 atom stereocenters. The van der Waals surface area contributed by atoms with E-state index < -0.39 is 38.9 Å². The average molecular weight is 186 g/mol. The van der Waals surface area contributed by atoms with E-state index in [1.54, 1.807) is 0 Å². The molecule has 7 heteroatoms. The molecule has 0 unspecified atom stereocenters. The lowest BCUT2D eigenvalue weighted by atomic mass is 10.0. The second-order valence-electron chi connectivity index (χ2n) is 2.72. The van der Waals surface area contributed by atoms with Crippen LogP contribution in [-0.4, -0.2) is 37.4 Å². The van der Waals surface area contributed by atoms with Crippen molar-refractivity contribution >= 4 is 7.56 Å². The van der Waals surface area contributed by atoms with Gasteiger partial charge in [0.05, 0.1) is 6.54 Å². The van der Waals surface area contributed by atoms with Gasteiger partial charge in [-0.3, -0.25) is 0 Å². The lowest BCUT2D eigenvalue weighted by Gasteiger charge is -2.23. The predicted octanol–water partition coefficient (Wildman–Crippen LogP) is 1.47. The summed E-state index contributed by atoms with van der Waals surface area (Å²) < 4.78 is 60.9. The molecule has 0 bridgehead atoms. The van der Waals surface area contributed by atoms with Crippen LogP contribution in [0, 0.1) is 0 Å². The van der Waals surface area contributed by atoms with Crippen molar-refractivity contribution in [1.82, 2.24) is 4.90 Å². The van der Waals surface area contributed by atoms with Crippen molar-refractivity contribution in [2.75, 3.05) is 13.1 Å². The molecule has 0 aliphatic carbocycles. The van der Waals surface area contributed by atoms with Crippen LogP contribution in [0.2, 0.25) is 0 Å². The van der Waals surface area contributed by atoms with Crippen LogP contribution in [0.15, 0.2) is 0 Å². The summed E-state index contributed by atoms with van der Waals surface area (Å²) in [5, 5.41) is 0. The van der Waals surface area contributed by atoms with E-state index in [0.717, 1.165) is 0 Å². The molecule has 69 valence electrons. The van der Waals surface area contributed by atoms with Gasteiger partial charge in [0.2, 0.25) is 0 Å². The van der Waals surface area contributed by atoms with Gasteiger partial charge >= 0.3 is 13.5 Å². The smallest absolute Gasteiger partial charge is 0.332 e. The molecule has 1 rings (SSSR count). The lowest BCUT2D eigenvalue weighted by molar-refractivity contribution is -0.0864. The first kappa shape index (κ1) is 9.76. The molecule has 0 aromatic rings. The maximum atomic E-state index is 12.4. The minimum absolute atomic E-state index is 0.118. The van der Waals surface area contributed by atoms with Crippen LogP contribution in [-0.2, 0) is 0 Å². The summed E-state index contributed by atoms with van der Waals surface area (Å²) in [7, 11) is -0.867. The molecule has 0 spiro atoms. The minimum atomic E-state index is -3.86. The van der Waals surface area contributed by atoms with Gasteiger partial charge < -0.3 is 4.32 Å². The molecule has 0 N–H and O–H groups in total.